The van der Waals surface area contributed by atoms with Crippen LogP contribution in [0.5, 0.6) is 5.75 Å². The van der Waals surface area contributed by atoms with Crippen molar-refractivity contribution in [2.75, 3.05) is 27.3 Å². The van der Waals surface area contributed by atoms with Gasteiger partial charge in [-0.05, 0) is 29.7 Å². The predicted molar refractivity (Wildman–Crippen MR) is 117 cm³/mol. The van der Waals surface area contributed by atoms with E-state index in [-0.39, 0.29) is 24.0 Å². The third kappa shape index (κ3) is 8.53. The van der Waals surface area contributed by atoms with E-state index in [1.807, 2.05) is 30.3 Å². The summed E-state index contributed by atoms with van der Waals surface area (Å²) in [6, 6.07) is 18.2. The van der Waals surface area contributed by atoms with Crippen LogP contribution in [0, 0.1) is 0 Å². The lowest BCUT2D eigenvalue weighted by atomic mass is 10.1. The Bertz CT molecular complexity index is 633. The van der Waals surface area contributed by atoms with Crippen LogP contribution in [-0.4, -0.2) is 33.3 Å². The number of hydrogen-bond acceptors (Lipinski definition) is 3. The monoisotopic (exact) mass is 469 g/mol. The maximum atomic E-state index is 5.76. The summed E-state index contributed by atoms with van der Waals surface area (Å²) in [6.07, 6.45) is 0.952. The van der Waals surface area contributed by atoms with E-state index in [9.17, 15) is 0 Å². The fourth-order valence-corrected chi connectivity index (χ4v) is 2.27. The van der Waals surface area contributed by atoms with Crippen molar-refractivity contribution in [1.29, 1.82) is 0 Å². The summed E-state index contributed by atoms with van der Waals surface area (Å²) in [5, 5.41) is 6.57. The van der Waals surface area contributed by atoms with Crippen molar-refractivity contribution in [2.24, 2.45) is 4.99 Å². The molecule has 142 valence electrons. The second kappa shape index (κ2) is 13.4. The first-order chi connectivity index (χ1) is 12.3. The molecule has 2 N–H and O–H groups in total. The highest BCUT2D eigenvalue weighted by Gasteiger charge is 2.00. The molecular weight excluding hydrogens is 441 g/mol. The maximum absolute atomic E-state index is 5.76. The zero-order valence-electron chi connectivity index (χ0n) is 15.4. The summed E-state index contributed by atoms with van der Waals surface area (Å²) in [4.78, 5) is 4.21. The van der Waals surface area contributed by atoms with E-state index in [1.165, 1.54) is 5.56 Å². The highest BCUT2D eigenvalue weighted by atomic mass is 127. The molecule has 0 heterocycles. The van der Waals surface area contributed by atoms with Crippen LogP contribution in [0.3, 0.4) is 0 Å². The zero-order valence-corrected chi connectivity index (χ0v) is 17.7. The first-order valence-electron chi connectivity index (χ1n) is 8.51. The van der Waals surface area contributed by atoms with Gasteiger partial charge >= 0.3 is 0 Å². The number of aliphatic imine (C=N–C) groups is 1. The van der Waals surface area contributed by atoms with Crippen LogP contribution in [0.25, 0.3) is 0 Å². The summed E-state index contributed by atoms with van der Waals surface area (Å²) in [5.41, 5.74) is 2.35. The minimum atomic E-state index is 0. The highest BCUT2D eigenvalue weighted by molar-refractivity contribution is 14.0. The van der Waals surface area contributed by atoms with Crippen LogP contribution < -0.4 is 15.4 Å². The zero-order chi connectivity index (χ0) is 17.7. The van der Waals surface area contributed by atoms with E-state index in [1.54, 1.807) is 14.2 Å². The SMILES string of the molecule is CN=C(NCCCOC)NCc1ccc(COc2ccccc2)cc1.I. The van der Waals surface area contributed by atoms with Gasteiger partial charge in [0.15, 0.2) is 5.96 Å². The number of para-hydroxylation sites is 1. The van der Waals surface area contributed by atoms with Gasteiger partial charge in [-0.2, -0.15) is 0 Å². The molecule has 6 heteroatoms. The van der Waals surface area contributed by atoms with Gasteiger partial charge in [-0.3, -0.25) is 4.99 Å². The van der Waals surface area contributed by atoms with E-state index in [0.29, 0.717) is 6.61 Å². The molecule has 0 saturated carbocycles. The predicted octanol–water partition coefficient (Wildman–Crippen LogP) is 3.59. The molecule has 2 aromatic rings. The molecule has 0 amide bonds. The number of nitrogens with zero attached hydrogens (tertiary/aromatic N) is 1. The minimum Gasteiger partial charge on any atom is -0.489 e. The van der Waals surface area contributed by atoms with Gasteiger partial charge in [0.05, 0.1) is 0 Å². The summed E-state index contributed by atoms with van der Waals surface area (Å²) in [6.45, 7) is 2.88. The number of benzene rings is 2. The Morgan fingerprint density at radius 2 is 1.65 bits per heavy atom. The summed E-state index contributed by atoms with van der Waals surface area (Å²) in [5.74, 6) is 1.68. The summed E-state index contributed by atoms with van der Waals surface area (Å²) >= 11 is 0. The van der Waals surface area contributed by atoms with Gasteiger partial charge in [0, 0.05) is 33.9 Å². The van der Waals surface area contributed by atoms with Crippen molar-refractivity contribution in [3.05, 3.63) is 65.7 Å². The van der Waals surface area contributed by atoms with Crippen molar-refractivity contribution >= 4 is 29.9 Å². The van der Waals surface area contributed by atoms with Crippen LogP contribution in [0.2, 0.25) is 0 Å². The number of rotatable bonds is 9. The molecule has 26 heavy (non-hydrogen) atoms. The second-order valence-electron chi connectivity index (χ2n) is 5.62. The quantitative estimate of drug-likeness (QED) is 0.255. The maximum Gasteiger partial charge on any atom is 0.191 e. The molecule has 0 saturated heterocycles. The van der Waals surface area contributed by atoms with Gasteiger partial charge in [-0.15, -0.1) is 24.0 Å². The Labute approximate surface area is 173 Å². The van der Waals surface area contributed by atoms with E-state index in [0.717, 1.165) is 43.4 Å². The average molecular weight is 469 g/mol. The van der Waals surface area contributed by atoms with Gasteiger partial charge in [0.25, 0.3) is 0 Å². The largest absolute Gasteiger partial charge is 0.489 e. The molecule has 0 aromatic heterocycles. The Morgan fingerprint density at radius 3 is 2.31 bits per heavy atom. The Balaban J connectivity index is 0.00000338. The van der Waals surface area contributed by atoms with Gasteiger partial charge in [-0.25, -0.2) is 0 Å². The molecule has 0 aliphatic carbocycles. The van der Waals surface area contributed by atoms with E-state index in [4.69, 9.17) is 9.47 Å². The molecule has 2 rings (SSSR count). The van der Waals surface area contributed by atoms with Crippen molar-refractivity contribution in [1.82, 2.24) is 10.6 Å². The number of ether oxygens (including phenoxy) is 2. The normalized spacial score (nSPS) is 10.8. The number of guanidine groups is 1. The van der Waals surface area contributed by atoms with Crippen LogP contribution in [-0.2, 0) is 17.9 Å². The first kappa shape index (κ1) is 22.2. The Morgan fingerprint density at radius 1 is 0.962 bits per heavy atom. The van der Waals surface area contributed by atoms with Gasteiger partial charge in [0.1, 0.15) is 12.4 Å². The number of hydrogen-bond donors (Lipinski definition) is 2. The molecule has 0 bridgehead atoms. The number of halogens is 1. The van der Waals surface area contributed by atoms with Crippen LogP contribution in [0.15, 0.2) is 59.6 Å². The molecule has 0 spiro atoms. The van der Waals surface area contributed by atoms with E-state index in [2.05, 4.69) is 39.9 Å². The van der Waals surface area contributed by atoms with Crippen LogP contribution in [0.1, 0.15) is 17.5 Å². The van der Waals surface area contributed by atoms with E-state index >= 15 is 0 Å². The van der Waals surface area contributed by atoms with Crippen LogP contribution >= 0.6 is 24.0 Å². The van der Waals surface area contributed by atoms with Crippen LogP contribution in [0.4, 0.5) is 0 Å². The molecule has 0 radical (unpaired) electrons. The van der Waals surface area contributed by atoms with Gasteiger partial charge < -0.3 is 20.1 Å². The highest BCUT2D eigenvalue weighted by Crippen LogP contribution is 2.12. The first-order valence-corrected chi connectivity index (χ1v) is 8.51. The van der Waals surface area contributed by atoms with E-state index < -0.39 is 0 Å². The molecular formula is C20H28IN3O2. The summed E-state index contributed by atoms with van der Waals surface area (Å²) < 4.78 is 10.8. The smallest absolute Gasteiger partial charge is 0.191 e. The van der Waals surface area contributed by atoms with Crippen molar-refractivity contribution in [3.63, 3.8) is 0 Å². The minimum absolute atomic E-state index is 0. The number of methoxy groups -OCH3 is 1. The molecule has 0 unspecified atom stereocenters. The molecule has 0 atom stereocenters. The van der Waals surface area contributed by atoms with Crippen molar-refractivity contribution in [2.45, 2.75) is 19.6 Å². The lowest BCUT2D eigenvalue weighted by Crippen LogP contribution is -2.37. The number of nitrogens with one attached hydrogen (secondary N) is 2. The Hall–Kier alpha value is -1.80. The third-order valence-corrected chi connectivity index (χ3v) is 3.67. The lowest BCUT2D eigenvalue weighted by Gasteiger charge is -2.12. The molecule has 0 aliphatic rings. The molecule has 0 aliphatic heterocycles. The average Bonchev–Trinajstić information content (AvgIpc) is 2.67. The third-order valence-electron chi connectivity index (χ3n) is 3.67. The molecule has 2 aromatic carbocycles. The van der Waals surface area contributed by atoms with Gasteiger partial charge in [-0.1, -0.05) is 42.5 Å². The molecule has 0 fully saturated rings. The lowest BCUT2D eigenvalue weighted by molar-refractivity contribution is 0.195. The van der Waals surface area contributed by atoms with Crippen molar-refractivity contribution < 1.29 is 9.47 Å². The topological polar surface area (TPSA) is 54.9 Å². The fourth-order valence-electron chi connectivity index (χ4n) is 2.27. The second-order valence-corrected chi connectivity index (χ2v) is 5.62. The standard InChI is InChI=1S/C20H27N3O2.HI/c1-21-20(22-13-6-14-24-2)23-15-17-9-11-18(12-10-17)16-25-19-7-4-3-5-8-19;/h3-5,7-12H,6,13-16H2,1-2H3,(H2,21,22,23);1H. The fraction of sp³-hybridized carbons (Fsp3) is 0.350. The Kier molecular flexibility index (Phi) is 11.5. The van der Waals surface area contributed by atoms with Crippen molar-refractivity contribution in [3.8, 4) is 5.75 Å². The summed E-state index contributed by atoms with van der Waals surface area (Å²) in [7, 11) is 3.48. The molecule has 5 nitrogen and oxygen atoms in total. The van der Waals surface area contributed by atoms with Gasteiger partial charge in [0.2, 0.25) is 0 Å².